The summed E-state index contributed by atoms with van der Waals surface area (Å²) >= 11 is 0. The zero-order valence-corrected chi connectivity index (χ0v) is 18.9. The number of halogens is 2. The maximum atomic E-state index is 14.5. The summed E-state index contributed by atoms with van der Waals surface area (Å²) < 4.78 is 30.3. The summed E-state index contributed by atoms with van der Waals surface area (Å²) in [5.74, 6) is -1.50. The van der Waals surface area contributed by atoms with Crippen molar-refractivity contribution in [3.8, 4) is 17.3 Å². The molecule has 1 aliphatic heterocycles. The smallest absolute Gasteiger partial charge is 0.225 e. The van der Waals surface area contributed by atoms with Crippen LogP contribution in [0.1, 0.15) is 47.8 Å². The van der Waals surface area contributed by atoms with Crippen molar-refractivity contribution in [2.75, 3.05) is 6.54 Å². The van der Waals surface area contributed by atoms with E-state index in [2.05, 4.69) is 6.07 Å². The Kier molecular flexibility index (Phi) is 5.45. The fourth-order valence-electron chi connectivity index (χ4n) is 5.12. The Hall–Kier alpha value is -3.57. The minimum Gasteiger partial charge on any atom is -0.390 e. The topological polar surface area (TPSA) is 82.2 Å². The average molecular weight is 463 g/mol. The number of nitrogens with zero attached hydrogens (tertiary/aromatic N) is 4. The second-order valence-electron chi connectivity index (χ2n) is 9.25. The lowest BCUT2D eigenvalue weighted by Crippen LogP contribution is -2.39. The maximum Gasteiger partial charge on any atom is 0.225 e. The van der Waals surface area contributed by atoms with Crippen LogP contribution in [0.4, 0.5) is 8.78 Å². The lowest BCUT2D eigenvalue weighted by molar-refractivity contribution is -0.135. The van der Waals surface area contributed by atoms with Gasteiger partial charge in [0.05, 0.1) is 23.4 Å². The van der Waals surface area contributed by atoms with E-state index in [0.717, 1.165) is 17.3 Å². The molecule has 2 atom stereocenters. The Bertz CT molecular complexity index is 1340. The van der Waals surface area contributed by atoms with Gasteiger partial charge in [0.1, 0.15) is 17.7 Å². The Morgan fingerprint density at radius 3 is 2.76 bits per heavy atom. The number of aliphatic hydroxyl groups excluding tert-OH is 1. The summed E-state index contributed by atoms with van der Waals surface area (Å²) in [6.45, 7) is 4.53. The quantitative estimate of drug-likeness (QED) is 0.643. The highest BCUT2D eigenvalue weighted by Gasteiger charge is 2.39. The summed E-state index contributed by atoms with van der Waals surface area (Å²) in [5.41, 5.74) is 4.12. The Labute approximate surface area is 196 Å². The van der Waals surface area contributed by atoms with E-state index in [1.165, 1.54) is 6.07 Å². The number of aliphatic hydroxyl groups is 1. The lowest BCUT2D eigenvalue weighted by atomic mass is 9.98. The minimum absolute atomic E-state index is 0.0329. The van der Waals surface area contributed by atoms with E-state index >= 15 is 0 Å². The van der Waals surface area contributed by atoms with Crippen LogP contribution >= 0.6 is 0 Å². The zero-order valence-electron chi connectivity index (χ0n) is 18.9. The van der Waals surface area contributed by atoms with Gasteiger partial charge in [0, 0.05) is 54.7 Å². The van der Waals surface area contributed by atoms with Crippen molar-refractivity contribution in [1.29, 1.82) is 5.26 Å². The predicted molar refractivity (Wildman–Crippen MR) is 121 cm³/mol. The standard InChI is InChI=1S/C26H24F2N4O2/c1-14(2)26(34)31-7-6-22-20(13-31)24(16-5-3-4-15(8-16)12-29)30-32(22)25-19-9-17(27)10-21(28)18(19)11-23(25)33/h3-5,8-10,14,23,25,33H,6-7,11,13H2,1-2H3/t23-,25+/m0/s1. The van der Waals surface area contributed by atoms with E-state index in [4.69, 9.17) is 5.10 Å². The highest BCUT2D eigenvalue weighted by atomic mass is 19.1. The van der Waals surface area contributed by atoms with Gasteiger partial charge in [-0.05, 0) is 29.3 Å². The summed E-state index contributed by atoms with van der Waals surface area (Å²) in [6.07, 6.45) is -0.406. The molecule has 1 amide bonds. The first kappa shape index (κ1) is 22.2. The molecular formula is C26H24F2N4O2. The molecule has 3 aromatic rings. The van der Waals surface area contributed by atoms with E-state index in [9.17, 15) is 23.9 Å². The molecule has 0 unspecified atom stereocenters. The Morgan fingerprint density at radius 1 is 1.24 bits per heavy atom. The molecule has 0 saturated heterocycles. The normalized spacial score (nSPS) is 19.1. The second kappa shape index (κ2) is 8.33. The summed E-state index contributed by atoms with van der Waals surface area (Å²) in [6, 6.07) is 10.5. The lowest BCUT2D eigenvalue weighted by Gasteiger charge is -2.30. The number of aromatic nitrogens is 2. The summed E-state index contributed by atoms with van der Waals surface area (Å²) in [7, 11) is 0. The van der Waals surface area contributed by atoms with Gasteiger partial charge in [0.15, 0.2) is 0 Å². The van der Waals surface area contributed by atoms with Crippen molar-refractivity contribution in [3.63, 3.8) is 0 Å². The molecule has 2 aromatic carbocycles. The third kappa shape index (κ3) is 3.57. The number of fused-ring (bicyclic) bond motifs is 2. The maximum absolute atomic E-state index is 14.5. The van der Waals surface area contributed by atoms with Gasteiger partial charge in [-0.3, -0.25) is 9.48 Å². The first-order chi connectivity index (χ1) is 16.3. The summed E-state index contributed by atoms with van der Waals surface area (Å²) in [4.78, 5) is 14.5. The van der Waals surface area contributed by atoms with E-state index in [1.54, 1.807) is 27.8 Å². The van der Waals surface area contributed by atoms with E-state index in [-0.39, 0.29) is 18.2 Å². The molecule has 1 aromatic heterocycles. The molecular weight excluding hydrogens is 438 g/mol. The van der Waals surface area contributed by atoms with E-state index in [1.807, 2.05) is 19.9 Å². The highest BCUT2D eigenvalue weighted by molar-refractivity contribution is 5.79. The number of amides is 1. The van der Waals surface area contributed by atoms with Crippen LogP contribution in [0, 0.1) is 28.9 Å². The first-order valence-corrected chi connectivity index (χ1v) is 11.3. The number of hydrogen-bond donors (Lipinski definition) is 1. The van der Waals surface area contributed by atoms with Crippen LogP contribution in [0.2, 0.25) is 0 Å². The number of rotatable bonds is 3. The van der Waals surface area contributed by atoms with Crippen molar-refractivity contribution < 1.29 is 18.7 Å². The molecule has 5 rings (SSSR count). The zero-order chi connectivity index (χ0) is 24.1. The number of nitriles is 1. The highest BCUT2D eigenvalue weighted by Crippen LogP contribution is 2.40. The molecule has 0 saturated carbocycles. The van der Waals surface area contributed by atoms with Gasteiger partial charge in [-0.15, -0.1) is 0 Å². The largest absolute Gasteiger partial charge is 0.390 e. The number of hydrogen-bond acceptors (Lipinski definition) is 4. The fraction of sp³-hybridized carbons (Fsp3) is 0.346. The van der Waals surface area contributed by atoms with Crippen molar-refractivity contribution in [2.45, 2.75) is 45.4 Å². The number of benzene rings is 2. The molecule has 0 fully saturated rings. The van der Waals surface area contributed by atoms with Gasteiger partial charge in [0.25, 0.3) is 0 Å². The molecule has 1 N–H and O–H groups in total. The van der Waals surface area contributed by atoms with Gasteiger partial charge in [-0.2, -0.15) is 10.4 Å². The number of carbonyl (C=O) groups is 1. The molecule has 2 heterocycles. The first-order valence-electron chi connectivity index (χ1n) is 11.3. The fourth-order valence-corrected chi connectivity index (χ4v) is 5.12. The van der Waals surface area contributed by atoms with Gasteiger partial charge < -0.3 is 10.0 Å². The second-order valence-corrected chi connectivity index (χ2v) is 9.25. The molecule has 8 heteroatoms. The molecule has 0 spiro atoms. The Balaban J connectivity index is 1.68. The molecule has 2 aliphatic rings. The average Bonchev–Trinajstić information content (AvgIpc) is 3.35. The van der Waals surface area contributed by atoms with Gasteiger partial charge >= 0.3 is 0 Å². The van der Waals surface area contributed by atoms with E-state index < -0.39 is 23.8 Å². The van der Waals surface area contributed by atoms with Crippen LogP contribution in [0.25, 0.3) is 11.3 Å². The predicted octanol–water partition coefficient (Wildman–Crippen LogP) is 3.75. The van der Waals surface area contributed by atoms with Crippen molar-refractivity contribution >= 4 is 5.91 Å². The van der Waals surface area contributed by atoms with Crippen LogP contribution < -0.4 is 0 Å². The molecule has 0 radical (unpaired) electrons. The minimum atomic E-state index is -0.969. The third-order valence-corrected chi connectivity index (χ3v) is 6.71. The number of carbonyl (C=O) groups excluding carboxylic acids is 1. The Morgan fingerprint density at radius 2 is 2.03 bits per heavy atom. The van der Waals surface area contributed by atoms with Gasteiger partial charge in [-0.25, -0.2) is 8.78 Å². The van der Waals surface area contributed by atoms with Crippen LogP contribution in [0.15, 0.2) is 36.4 Å². The van der Waals surface area contributed by atoms with Crippen molar-refractivity contribution in [3.05, 3.63) is 76.0 Å². The molecule has 1 aliphatic carbocycles. The van der Waals surface area contributed by atoms with Crippen LogP contribution in [0.5, 0.6) is 0 Å². The van der Waals surface area contributed by atoms with Crippen LogP contribution in [-0.2, 0) is 24.2 Å². The molecule has 34 heavy (non-hydrogen) atoms. The van der Waals surface area contributed by atoms with Crippen molar-refractivity contribution in [1.82, 2.24) is 14.7 Å². The SMILES string of the molecule is CC(C)C(=O)N1CCc2c(c(-c3cccc(C#N)c3)nn2[C@@H]2c3cc(F)cc(F)c3C[C@@H]2O)C1. The molecule has 0 bridgehead atoms. The van der Waals surface area contributed by atoms with Crippen LogP contribution in [-0.4, -0.2) is 38.3 Å². The van der Waals surface area contributed by atoms with Gasteiger partial charge in [0.2, 0.25) is 5.91 Å². The monoisotopic (exact) mass is 462 g/mol. The van der Waals surface area contributed by atoms with E-state index in [0.29, 0.717) is 47.5 Å². The molecule has 174 valence electrons. The molecule has 6 nitrogen and oxygen atoms in total. The third-order valence-electron chi connectivity index (χ3n) is 6.71. The van der Waals surface area contributed by atoms with Crippen LogP contribution in [0.3, 0.4) is 0 Å². The van der Waals surface area contributed by atoms with Gasteiger partial charge in [-0.1, -0.05) is 26.0 Å². The summed E-state index contributed by atoms with van der Waals surface area (Å²) in [5, 5.41) is 25.1. The van der Waals surface area contributed by atoms with Crippen molar-refractivity contribution in [2.24, 2.45) is 5.92 Å².